The fourth-order valence-electron chi connectivity index (χ4n) is 0.896. The first kappa shape index (κ1) is 14.3. The van der Waals surface area contributed by atoms with Gasteiger partial charge in [0.25, 0.3) is 0 Å². The Hall–Kier alpha value is -0.716. The average Bonchev–Trinajstić information content (AvgIpc) is 2.33. The summed E-state index contributed by atoms with van der Waals surface area (Å²) < 4.78 is 0. The minimum absolute atomic E-state index is 0. The number of rotatable bonds is 1. The number of hydrogen-bond acceptors (Lipinski definition) is 0. The molecule has 0 heterocycles. The monoisotopic (exact) mass is 269 g/mol. The molecule has 2 aromatic carbocycles. The fourth-order valence-corrected chi connectivity index (χ4v) is 0.896. The van der Waals surface area contributed by atoms with Gasteiger partial charge in [-0.25, -0.2) is 12.1 Å². The second-order valence-electron chi connectivity index (χ2n) is 2.64. The zero-order chi connectivity index (χ0) is 10.1. The first-order valence-corrected chi connectivity index (χ1v) is 4.45. The second-order valence-corrected chi connectivity index (χ2v) is 2.64. The van der Waals surface area contributed by atoms with E-state index in [0.717, 1.165) is 5.56 Å². The minimum atomic E-state index is 0. The molecule has 1 heteroatoms. The Labute approximate surface area is 117 Å². The maximum absolute atomic E-state index is 5.19. The Morgan fingerprint density at radius 1 is 0.867 bits per heavy atom. The molecule has 0 aliphatic carbocycles. The van der Waals surface area contributed by atoms with Crippen LogP contribution in [0.2, 0.25) is 0 Å². The van der Waals surface area contributed by atoms with Gasteiger partial charge in [0.05, 0.1) is 0 Å². The molecule has 0 nitrogen and oxygen atoms in total. The van der Waals surface area contributed by atoms with Gasteiger partial charge in [-0.05, 0) is 0 Å². The van der Waals surface area contributed by atoms with Crippen molar-refractivity contribution < 1.29 is 32.7 Å². The molecule has 0 aromatic heterocycles. The number of hydrogen-bond donors (Lipinski definition) is 0. The van der Waals surface area contributed by atoms with Gasteiger partial charge in [0, 0.05) is 32.7 Å². The van der Waals surface area contributed by atoms with Crippen LogP contribution in [0.3, 0.4) is 0 Å². The molecule has 73 valence electrons. The quantitative estimate of drug-likeness (QED) is 0.694. The van der Waals surface area contributed by atoms with Crippen LogP contribution in [0, 0.1) is 12.6 Å². The van der Waals surface area contributed by atoms with E-state index in [-0.39, 0.29) is 32.7 Å². The summed E-state index contributed by atoms with van der Waals surface area (Å²) in [6, 6.07) is 22.5. The summed E-state index contributed by atoms with van der Waals surface area (Å²) in [7, 11) is 0. The normalized spacial score (nSPS) is 7.73. The average molecular weight is 269 g/mol. The third-order valence-corrected chi connectivity index (χ3v) is 1.58. The van der Waals surface area contributed by atoms with Crippen LogP contribution in [0.25, 0.3) is 6.08 Å². The second kappa shape index (κ2) is 9.82. The van der Waals surface area contributed by atoms with Gasteiger partial charge < -0.3 is 18.2 Å². The van der Waals surface area contributed by atoms with Crippen molar-refractivity contribution in [3.8, 4) is 0 Å². The van der Waals surface area contributed by atoms with Crippen molar-refractivity contribution in [3.05, 3.63) is 78.9 Å². The molecule has 15 heavy (non-hydrogen) atoms. The van der Waals surface area contributed by atoms with Crippen LogP contribution in [0.5, 0.6) is 0 Å². The standard InChI is InChI=1S/C8H6.C6H6.Y/c1-2-8-6-4-3-5-7-8;1-2-4-6-5-3-1;/h1-6H;1-6H;/q-2;;. The summed E-state index contributed by atoms with van der Waals surface area (Å²) in [6.07, 6.45) is 1.53. The van der Waals surface area contributed by atoms with Crippen molar-refractivity contribution in [2.24, 2.45) is 0 Å². The van der Waals surface area contributed by atoms with E-state index >= 15 is 0 Å². The summed E-state index contributed by atoms with van der Waals surface area (Å²) in [5.74, 6) is 0. The summed E-state index contributed by atoms with van der Waals surface area (Å²) in [4.78, 5) is 0. The van der Waals surface area contributed by atoms with Gasteiger partial charge in [0.15, 0.2) is 0 Å². The van der Waals surface area contributed by atoms with Crippen molar-refractivity contribution in [3.63, 3.8) is 0 Å². The summed E-state index contributed by atoms with van der Waals surface area (Å²) in [5.41, 5.74) is 0.938. The molecule has 0 aliphatic heterocycles. The fraction of sp³-hybridized carbons (Fsp3) is 0. The molecule has 0 spiro atoms. The Morgan fingerprint density at radius 2 is 1.40 bits per heavy atom. The topological polar surface area (TPSA) is 0 Å². The van der Waals surface area contributed by atoms with Crippen molar-refractivity contribution in [2.45, 2.75) is 0 Å². The van der Waals surface area contributed by atoms with E-state index in [1.54, 1.807) is 0 Å². The van der Waals surface area contributed by atoms with Gasteiger partial charge in [0.1, 0.15) is 0 Å². The van der Waals surface area contributed by atoms with Gasteiger partial charge in [0.2, 0.25) is 0 Å². The maximum Gasteiger partial charge on any atom is 0 e. The van der Waals surface area contributed by atoms with Gasteiger partial charge in [-0.15, -0.1) is 6.07 Å². The Morgan fingerprint density at radius 3 is 1.67 bits per heavy atom. The van der Waals surface area contributed by atoms with E-state index in [1.807, 2.05) is 60.7 Å². The predicted molar refractivity (Wildman–Crippen MR) is 60.5 cm³/mol. The molecule has 0 amide bonds. The molecule has 0 saturated carbocycles. The zero-order valence-corrected chi connectivity index (χ0v) is 11.3. The molecular weight excluding hydrogens is 257 g/mol. The SMILES string of the molecule is [CH-]=Cc1[c-]cccc1.[Y].c1ccccc1. The van der Waals surface area contributed by atoms with Gasteiger partial charge in [-0.1, -0.05) is 36.4 Å². The van der Waals surface area contributed by atoms with E-state index < -0.39 is 0 Å². The van der Waals surface area contributed by atoms with Crippen molar-refractivity contribution >= 4 is 6.08 Å². The summed E-state index contributed by atoms with van der Waals surface area (Å²) in [6.45, 7) is 5.19. The van der Waals surface area contributed by atoms with Gasteiger partial charge in [-0.3, -0.25) is 0 Å². The molecule has 0 atom stereocenters. The van der Waals surface area contributed by atoms with Crippen LogP contribution in [-0.2, 0) is 32.7 Å². The summed E-state index contributed by atoms with van der Waals surface area (Å²) >= 11 is 0. The van der Waals surface area contributed by atoms with Gasteiger partial charge >= 0.3 is 0 Å². The third kappa shape index (κ3) is 7.24. The van der Waals surface area contributed by atoms with Crippen molar-refractivity contribution in [1.82, 2.24) is 0 Å². The molecule has 1 radical (unpaired) electrons. The molecule has 0 unspecified atom stereocenters. The molecule has 0 saturated heterocycles. The van der Waals surface area contributed by atoms with Crippen LogP contribution in [-0.4, -0.2) is 0 Å². The molecule has 0 fully saturated rings. The molecule has 0 bridgehead atoms. The van der Waals surface area contributed by atoms with Crippen LogP contribution in [0.15, 0.2) is 60.7 Å². The van der Waals surface area contributed by atoms with Gasteiger partial charge in [-0.2, -0.15) is 12.1 Å². The Kier molecular flexibility index (Phi) is 9.36. The zero-order valence-electron chi connectivity index (χ0n) is 8.51. The minimum Gasteiger partial charge on any atom is -0.344 e. The summed E-state index contributed by atoms with van der Waals surface area (Å²) in [5, 5.41) is 0. The smallest absolute Gasteiger partial charge is 0 e. The van der Waals surface area contributed by atoms with E-state index in [9.17, 15) is 0 Å². The van der Waals surface area contributed by atoms with E-state index in [0.29, 0.717) is 0 Å². The number of benzene rings is 2. The first-order valence-electron chi connectivity index (χ1n) is 4.45. The third-order valence-electron chi connectivity index (χ3n) is 1.58. The first-order chi connectivity index (χ1) is 6.93. The van der Waals surface area contributed by atoms with Crippen LogP contribution in [0.4, 0.5) is 0 Å². The van der Waals surface area contributed by atoms with E-state index in [2.05, 4.69) is 6.07 Å². The van der Waals surface area contributed by atoms with E-state index in [1.165, 1.54) is 6.08 Å². The molecule has 2 rings (SSSR count). The molecular formula is C14H12Y-2. The van der Waals surface area contributed by atoms with Crippen molar-refractivity contribution in [2.75, 3.05) is 0 Å². The maximum atomic E-state index is 5.19. The van der Waals surface area contributed by atoms with Crippen LogP contribution in [0.1, 0.15) is 5.56 Å². The molecule has 0 N–H and O–H groups in total. The van der Waals surface area contributed by atoms with Crippen LogP contribution >= 0.6 is 0 Å². The van der Waals surface area contributed by atoms with Crippen LogP contribution < -0.4 is 0 Å². The molecule has 0 aliphatic rings. The largest absolute Gasteiger partial charge is 0.344 e. The Bertz CT molecular complexity index is 314. The van der Waals surface area contributed by atoms with E-state index in [4.69, 9.17) is 6.58 Å². The predicted octanol–water partition coefficient (Wildman–Crippen LogP) is 3.62. The Balaban J connectivity index is 0.000000253. The molecule has 2 aromatic rings. The van der Waals surface area contributed by atoms with Crippen molar-refractivity contribution in [1.29, 1.82) is 0 Å².